The highest BCUT2D eigenvalue weighted by Gasteiger charge is 2.12. The lowest BCUT2D eigenvalue weighted by molar-refractivity contribution is 0.523. The van der Waals surface area contributed by atoms with Gasteiger partial charge in [-0.25, -0.2) is 0 Å². The Balaban J connectivity index is 2.73. The van der Waals surface area contributed by atoms with Crippen LogP contribution in [0.15, 0.2) is 23.8 Å². The van der Waals surface area contributed by atoms with Gasteiger partial charge in [-0.15, -0.1) is 0 Å². The number of hydrogen-bond donors (Lipinski definition) is 0. The molecule has 0 heteroatoms. The summed E-state index contributed by atoms with van der Waals surface area (Å²) < 4.78 is 0. The van der Waals surface area contributed by atoms with Crippen molar-refractivity contribution in [3.8, 4) is 0 Å². The van der Waals surface area contributed by atoms with E-state index in [-0.39, 0.29) is 0 Å². The van der Waals surface area contributed by atoms with Crippen LogP contribution in [0.2, 0.25) is 0 Å². The molecule has 1 rings (SSSR count). The maximum absolute atomic E-state index is 2.28. The van der Waals surface area contributed by atoms with Crippen LogP contribution in [0.1, 0.15) is 20.8 Å². The Labute approximate surface area is 57.3 Å². The normalized spacial score (nSPS) is 34.3. The summed E-state index contributed by atoms with van der Waals surface area (Å²) in [4.78, 5) is 0. The molecule has 0 spiro atoms. The highest BCUT2D eigenvalue weighted by Crippen LogP contribution is 2.24. The molecule has 0 saturated heterocycles. The van der Waals surface area contributed by atoms with Crippen LogP contribution in [0, 0.1) is 11.8 Å². The Bertz CT molecular complexity index is 151. The second-order valence-corrected chi connectivity index (χ2v) is 2.94. The second kappa shape index (κ2) is 2.38. The first-order valence-corrected chi connectivity index (χ1v) is 3.57. The van der Waals surface area contributed by atoms with Gasteiger partial charge < -0.3 is 0 Å². The first-order valence-electron chi connectivity index (χ1n) is 3.57. The molecule has 0 N–H and O–H groups in total. The van der Waals surface area contributed by atoms with Gasteiger partial charge in [0.05, 0.1) is 0 Å². The third-order valence-electron chi connectivity index (χ3n) is 2.28. The maximum Gasteiger partial charge on any atom is -0.0171 e. The molecule has 50 valence electrons. The van der Waals surface area contributed by atoms with Gasteiger partial charge in [-0.2, -0.15) is 0 Å². The van der Waals surface area contributed by atoms with Crippen LogP contribution in [0.25, 0.3) is 0 Å². The van der Waals surface area contributed by atoms with Crippen LogP contribution in [0.3, 0.4) is 0 Å². The molecule has 0 aliphatic heterocycles. The van der Waals surface area contributed by atoms with E-state index >= 15 is 0 Å². The summed E-state index contributed by atoms with van der Waals surface area (Å²) in [5, 5.41) is 0. The molecule has 0 amide bonds. The summed E-state index contributed by atoms with van der Waals surface area (Å²) in [6.07, 6.45) is 6.61. The lowest BCUT2D eigenvalue weighted by Gasteiger charge is -2.19. The average Bonchev–Trinajstić information content (AvgIpc) is 1.83. The highest BCUT2D eigenvalue weighted by molar-refractivity contribution is 5.20. The minimum Gasteiger partial charge on any atom is -0.0811 e. The van der Waals surface area contributed by atoms with Crippen molar-refractivity contribution in [2.75, 3.05) is 0 Å². The van der Waals surface area contributed by atoms with Crippen LogP contribution in [0.5, 0.6) is 0 Å². The van der Waals surface area contributed by atoms with E-state index in [0.29, 0.717) is 0 Å². The minimum atomic E-state index is 0.731. The molecule has 0 aromatic carbocycles. The van der Waals surface area contributed by atoms with E-state index < -0.39 is 0 Å². The van der Waals surface area contributed by atoms with E-state index in [9.17, 15) is 0 Å². The molecule has 0 saturated carbocycles. The van der Waals surface area contributed by atoms with Crippen LogP contribution >= 0.6 is 0 Å². The second-order valence-electron chi connectivity index (χ2n) is 2.94. The first-order chi connectivity index (χ1) is 4.22. The van der Waals surface area contributed by atoms with Crippen molar-refractivity contribution in [2.45, 2.75) is 20.8 Å². The molecular weight excluding hydrogens is 108 g/mol. The van der Waals surface area contributed by atoms with Crippen molar-refractivity contribution < 1.29 is 0 Å². The van der Waals surface area contributed by atoms with Crippen LogP contribution < -0.4 is 0 Å². The molecule has 1 aliphatic rings. The van der Waals surface area contributed by atoms with Gasteiger partial charge in [0.1, 0.15) is 0 Å². The summed E-state index contributed by atoms with van der Waals surface area (Å²) in [6.45, 7) is 6.74. The Morgan fingerprint density at radius 1 is 1.33 bits per heavy atom. The molecule has 9 heavy (non-hydrogen) atoms. The zero-order chi connectivity index (χ0) is 6.85. The van der Waals surface area contributed by atoms with Crippen LogP contribution in [0.4, 0.5) is 0 Å². The quantitative estimate of drug-likeness (QED) is 0.463. The average molecular weight is 122 g/mol. The maximum atomic E-state index is 2.28. The molecule has 0 bridgehead atoms. The van der Waals surface area contributed by atoms with Crippen molar-refractivity contribution >= 4 is 0 Å². The lowest BCUT2D eigenvalue weighted by atomic mass is 9.86. The fourth-order valence-corrected chi connectivity index (χ4v) is 1.12. The van der Waals surface area contributed by atoms with Gasteiger partial charge in [0, 0.05) is 0 Å². The van der Waals surface area contributed by atoms with E-state index in [1.54, 1.807) is 0 Å². The van der Waals surface area contributed by atoms with Crippen molar-refractivity contribution in [3.63, 3.8) is 0 Å². The molecule has 0 fully saturated rings. The van der Waals surface area contributed by atoms with Crippen LogP contribution in [-0.2, 0) is 0 Å². The molecule has 0 nitrogen and oxygen atoms in total. The summed E-state index contributed by atoms with van der Waals surface area (Å²) in [7, 11) is 0. The van der Waals surface area contributed by atoms with E-state index in [0.717, 1.165) is 11.8 Å². The molecule has 0 radical (unpaired) electrons. The lowest BCUT2D eigenvalue weighted by Crippen LogP contribution is -2.08. The molecule has 0 heterocycles. The zero-order valence-electron chi connectivity index (χ0n) is 6.39. The summed E-state index contributed by atoms with van der Waals surface area (Å²) in [6, 6.07) is 0. The Morgan fingerprint density at radius 3 is 2.44 bits per heavy atom. The van der Waals surface area contributed by atoms with Gasteiger partial charge in [-0.05, 0) is 18.8 Å². The predicted octanol–water partition coefficient (Wildman–Crippen LogP) is 2.77. The molecule has 0 aromatic heterocycles. The molecule has 2 atom stereocenters. The van der Waals surface area contributed by atoms with Crippen molar-refractivity contribution in [1.82, 2.24) is 0 Å². The number of rotatable bonds is 0. The topological polar surface area (TPSA) is 0 Å². The smallest absolute Gasteiger partial charge is 0.0171 e. The van der Waals surface area contributed by atoms with Crippen LogP contribution in [-0.4, -0.2) is 0 Å². The van der Waals surface area contributed by atoms with Gasteiger partial charge in [-0.3, -0.25) is 0 Å². The fourth-order valence-electron chi connectivity index (χ4n) is 1.12. The molecular formula is C9H14. The first kappa shape index (κ1) is 6.60. The van der Waals surface area contributed by atoms with Gasteiger partial charge in [0.2, 0.25) is 0 Å². The van der Waals surface area contributed by atoms with E-state index in [2.05, 4.69) is 39.0 Å². The van der Waals surface area contributed by atoms with Crippen molar-refractivity contribution in [1.29, 1.82) is 0 Å². The highest BCUT2D eigenvalue weighted by atomic mass is 14.2. The zero-order valence-corrected chi connectivity index (χ0v) is 6.39. The minimum absolute atomic E-state index is 0.731. The predicted molar refractivity (Wildman–Crippen MR) is 41.2 cm³/mol. The Kier molecular flexibility index (Phi) is 1.75. The Morgan fingerprint density at radius 2 is 2.00 bits per heavy atom. The van der Waals surface area contributed by atoms with Gasteiger partial charge in [-0.1, -0.05) is 37.6 Å². The van der Waals surface area contributed by atoms with E-state index in [1.165, 1.54) is 5.57 Å². The molecule has 0 aromatic rings. The fraction of sp³-hybridized carbons (Fsp3) is 0.556. The third kappa shape index (κ3) is 1.24. The monoisotopic (exact) mass is 122 g/mol. The van der Waals surface area contributed by atoms with Gasteiger partial charge in [0.25, 0.3) is 0 Å². The summed E-state index contributed by atoms with van der Waals surface area (Å²) >= 11 is 0. The van der Waals surface area contributed by atoms with Gasteiger partial charge >= 0.3 is 0 Å². The van der Waals surface area contributed by atoms with E-state index in [1.807, 2.05) is 0 Å². The molecule has 1 aliphatic carbocycles. The Hall–Kier alpha value is -0.520. The number of allylic oxidation sites excluding steroid dienone is 4. The van der Waals surface area contributed by atoms with E-state index in [4.69, 9.17) is 0 Å². The summed E-state index contributed by atoms with van der Waals surface area (Å²) in [5.74, 6) is 1.48. The SMILES string of the molecule is CC1=CC=CC(C)C1C. The van der Waals surface area contributed by atoms with Crippen molar-refractivity contribution in [3.05, 3.63) is 23.8 Å². The van der Waals surface area contributed by atoms with Crippen molar-refractivity contribution in [2.24, 2.45) is 11.8 Å². The third-order valence-corrected chi connectivity index (χ3v) is 2.28. The largest absolute Gasteiger partial charge is 0.0811 e. The number of hydrogen-bond acceptors (Lipinski definition) is 0. The van der Waals surface area contributed by atoms with Gasteiger partial charge in [0.15, 0.2) is 0 Å². The molecule has 2 unspecified atom stereocenters. The standard InChI is InChI=1S/C9H14/c1-7-5-4-6-8(2)9(7)3/h4-7,9H,1-3H3. The summed E-state index contributed by atoms with van der Waals surface area (Å²) in [5.41, 5.74) is 1.50.